The molecule has 0 spiro atoms. The lowest BCUT2D eigenvalue weighted by atomic mass is 10.0. The van der Waals surface area contributed by atoms with Gasteiger partial charge in [0.15, 0.2) is 0 Å². The summed E-state index contributed by atoms with van der Waals surface area (Å²) in [5.74, 6) is -1.25. The standard InChI is InChI=1S/C22H34N4O5/c1-2-31-22(30)26-14-11-17(12-15-26)24-20(27)18(25-19(10-13-23)21(28)29)9-8-16-6-4-3-5-7-16/h3-7,17-19,25H,2,8-15,23H2,1H3,(H,24,27)(H,28,29)/t18-,19-/m0/s1. The van der Waals surface area contributed by atoms with Crippen LogP contribution < -0.4 is 16.4 Å². The van der Waals surface area contributed by atoms with Gasteiger partial charge in [-0.3, -0.25) is 14.9 Å². The lowest BCUT2D eigenvalue weighted by Crippen LogP contribution is -2.55. The molecule has 1 aromatic carbocycles. The summed E-state index contributed by atoms with van der Waals surface area (Å²) in [6.45, 7) is 3.33. The van der Waals surface area contributed by atoms with Crippen LogP contribution >= 0.6 is 0 Å². The number of carboxylic acid groups (broad SMARTS) is 1. The summed E-state index contributed by atoms with van der Waals surface area (Å²) < 4.78 is 5.02. The van der Waals surface area contributed by atoms with Gasteiger partial charge in [-0.05, 0) is 51.1 Å². The van der Waals surface area contributed by atoms with E-state index in [1.165, 1.54) is 0 Å². The Bertz CT molecular complexity index is 707. The van der Waals surface area contributed by atoms with Crippen molar-refractivity contribution in [2.75, 3.05) is 26.2 Å². The number of nitrogens with two attached hydrogens (primary N) is 1. The molecule has 2 atom stereocenters. The molecule has 1 heterocycles. The molecule has 9 nitrogen and oxygen atoms in total. The fourth-order valence-corrected chi connectivity index (χ4v) is 3.66. The number of amides is 2. The predicted octanol–water partition coefficient (Wildman–Crippen LogP) is 1.12. The van der Waals surface area contributed by atoms with E-state index in [4.69, 9.17) is 10.5 Å². The number of nitrogens with zero attached hydrogens (tertiary/aromatic N) is 1. The zero-order chi connectivity index (χ0) is 22.6. The molecule has 0 radical (unpaired) electrons. The second-order valence-corrected chi connectivity index (χ2v) is 7.68. The third-order valence-corrected chi connectivity index (χ3v) is 5.40. The van der Waals surface area contributed by atoms with Crippen LogP contribution in [-0.4, -0.2) is 72.3 Å². The number of piperidine rings is 1. The highest BCUT2D eigenvalue weighted by Gasteiger charge is 2.29. The van der Waals surface area contributed by atoms with Crippen molar-refractivity contribution in [1.29, 1.82) is 0 Å². The number of hydrogen-bond donors (Lipinski definition) is 4. The molecule has 5 N–H and O–H groups in total. The van der Waals surface area contributed by atoms with Gasteiger partial charge in [-0.1, -0.05) is 30.3 Å². The third kappa shape index (κ3) is 8.18. The fourth-order valence-electron chi connectivity index (χ4n) is 3.66. The van der Waals surface area contributed by atoms with Gasteiger partial charge in [0.25, 0.3) is 0 Å². The number of carbonyl (C=O) groups is 3. The van der Waals surface area contributed by atoms with Crippen LogP contribution in [0.15, 0.2) is 30.3 Å². The minimum Gasteiger partial charge on any atom is -0.480 e. The van der Waals surface area contributed by atoms with E-state index in [2.05, 4.69) is 10.6 Å². The van der Waals surface area contributed by atoms with E-state index in [1.54, 1.807) is 11.8 Å². The molecular formula is C22H34N4O5. The second-order valence-electron chi connectivity index (χ2n) is 7.68. The van der Waals surface area contributed by atoms with Crippen molar-refractivity contribution in [3.05, 3.63) is 35.9 Å². The SMILES string of the molecule is CCOC(=O)N1CCC(NC(=O)[C@H](CCc2ccccc2)N[C@@H](CCN)C(=O)O)CC1. The van der Waals surface area contributed by atoms with Crippen LogP contribution in [0.1, 0.15) is 38.2 Å². The van der Waals surface area contributed by atoms with Crippen molar-refractivity contribution in [2.45, 2.75) is 57.2 Å². The molecule has 31 heavy (non-hydrogen) atoms. The zero-order valence-electron chi connectivity index (χ0n) is 18.1. The zero-order valence-corrected chi connectivity index (χ0v) is 18.1. The van der Waals surface area contributed by atoms with Crippen LogP contribution in [0.25, 0.3) is 0 Å². The van der Waals surface area contributed by atoms with Crippen LogP contribution in [0.3, 0.4) is 0 Å². The van der Waals surface area contributed by atoms with Crippen molar-refractivity contribution < 1.29 is 24.2 Å². The van der Waals surface area contributed by atoms with Gasteiger partial charge >= 0.3 is 12.1 Å². The van der Waals surface area contributed by atoms with Gasteiger partial charge in [0.1, 0.15) is 6.04 Å². The number of carboxylic acids is 1. The van der Waals surface area contributed by atoms with Gasteiger partial charge in [-0.15, -0.1) is 0 Å². The lowest BCUT2D eigenvalue weighted by Gasteiger charge is -2.33. The van der Waals surface area contributed by atoms with Gasteiger partial charge in [-0.25, -0.2) is 4.79 Å². The molecule has 1 aliphatic heterocycles. The first-order valence-corrected chi connectivity index (χ1v) is 10.9. The number of rotatable bonds is 11. The Morgan fingerprint density at radius 1 is 1.16 bits per heavy atom. The summed E-state index contributed by atoms with van der Waals surface area (Å²) in [6, 6.07) is 8.14. The molecule has 9 heteroatoms. The minimum absolute atomic E-state index is 0.0722. The molecule has 1 aromatic rings. The first-order valence-electron chi connectivity index (χ1n) is 10.9. The summed E-state index contributed by atoms with van der Waals surface area (Å²) in [5.41, 5.74) is 6.63. The number of aliphatic carboxylic acids is 1. The van der Waals surface area contributed by atoms with E-state index in [-0.39, 0.29) is 31.0 Å². The van der Waals surface area contributed by atoms with Gasteiger partial charge in [0.2, 0.25) is 5.91 Å². The molecule has 2 amide bonds. The van der Waals surface area contributed by atoms with E-state index in [9.17, 15) is 19.5 Å². The van der Waals surface area contributed by atoms with Crippen molar-refractivity contribution >= 4 is 18.0 Å². The molecule has 0 aliphatic carbocycles. The average molecular weight is 435 g/mol. The highest BCUT2D eigenvalue weighted by molar-refractivity contribution is 5.83. The topological polar surface area (TPSA) is 134 Å². The first kappa shape index (κ1) is 24.6. The quantitative estimate of drug-likeness (QED) is 0.410. The third-order valence-electron chi connectivity index (χ3n) is 5.40. The summed E-state index contributed by atoms with van der Waals surface area (Å²) >= 11 is 0. The Hall–Kier alpha value is -2.65. The number of aryl methyl sites for hydroxylation is 1. The Labute approximate surface area is 183 Å². The Morgan fingerprint density at radius 2 is 1.84 bits per heavy atom. The monoisotopic (exact) mass is 434 g/mol. The Morgan fingerprint density at radius 3 is 2.42 bits per heavy atom. The van der Waals surface area contributed by atoms with Gasteiger partial charge < -0.3 is 25.8 Å². The number of benzene rings is 1. The van der Waals surface area contributed by atoms with E-state index in [0.717, 1.165) is 5.56 Å². The van der Waals surface area contributed by atoms with Crippen LogP contribution in [0.4, 0.5) is 4.79 Å². The van der Waals surface area contributed by atoms with Gasteiger partial charge in [0.05, 0.1) is 12.6 Å². The maximum absolute atomic E-state index is 13.0. The average Bonchev–Trinajstić information content (AvgIpc) is 2.77. The van der Waals surface area contributed by atoms with Crippen molar-refractivity contribution in [3.63, 3.8) is 0 Å². The molecule has 0 saturated carbocycles. The largest absolute Gasteiger partial charge is 0.480 e. The second kappa shape index (κ2) is 12.9. The minimum atomic E-state index is -1.02. The molecular weight excluding hydrogens is 400 g/mol. The van der Waals surface area contributed by atoms with Crippen molar-refractivity contribution in [3.8, 4) is 0 Å². The lowest BCUT2D eigenvalue weighted by molar-refractivity contribution is -0.140. The molecule has 0 bridgehead atoms. The summed E-state index contributed by atoms with van der Waals surface area (Å²) in [6.07, 6.45) is 2.26. The Kier molecular flexibility index (Phi) is 10.3. The van der Waals surface area contributed by atoms with Crippen LogP contribution in [0.5, 0.6) is 0 Å². The van der Waals surface area contributed by atoms with Crippen molar-refractivity contribution in [1.82, 2.24) is 15.5 Å². The molecule has 172 valence electrons. The van der Waals surface area contributed by atoms with Crippen LogP contribution in [0, 0.1) is 0 Å². The summed E-state index contributed by atoms with van der Waals surface area (Å²) in [4.78, 5) is 38.1. The summed E-state index contributed by atoms with van der Waals surface area (Å²) in [5, 5.41) is 15.5. The van der Waals surface area contributed by atoms with E-state index in [1.807, 2.05) is 30.3 Å². The number of likely N-dealkylation sites (tertiary alicyclic amines) is 1. The maximum atomic E-state index is 13.0. The normalized spacial score (nSPS) is 16.4. The molecule has 1 saturated heterocycles. The smallest absolute Gasteiger partial charge is 0.409 e. The number of carbonyl (C=O) groups excluding carboxylic acids is 2. The highest BCUT2D eigenvalue weighted by atomic mass is 16.6. The fraction of sp³-hybridized carbons (Fsp3) is 0.591. The Balaban J connectivity index is 1.96. The molecule has 0 aromatic heterocycles. The summed E-state index contributed by atoms with van der Waals surface area (Å²) in [7, 11) is 0. The van der Waals surface area contributed by atoms with Gasteiger partial charge in [0, 0.05) is 19.1 Å². The molecule has 1 fully saturated rings. The van der Waals surface area contributed by atoms with Gasteiger partial charge in [-0.2, -0.15) is 0 Å². The first-order chi connectivity index (χ1) is 14.9. The molecule has 1 aliphatic rings. The maximum Gasteiger partial charge on any atom is 0.409 e. The van der Waals surface area contributed by atoms with Crippen LogP contribution in [-0.2, 0) is 20.7 Å². The van der Waals surface area contributed by atoms with Crippen molar-refractivity contribution in [2.24, 2.45) is 5.73 Å². The highest BCUT2D eigenvalue weighted by Crippen LogP contribution is 2.13. The van der Waals surface area contributed by atoms with E-state index in [0.29, 0.717) is 45.4 Å². The number of nitrogens with one attached hydrogen (secondary N) is 2. The van der Waals surface area contributed by atoms with Crippen LogP contribution in [0.2, 0.25) is 0 Å². The number of ether oxygens (including phenoxy) is 1. The molecule has 2 rings (SSSR count). The molecule has 0 unspecified atom stereocenters. The van der Waals surface area contributed by atoms with E-state index >= 15 is 0 Å². The predicted molar refractivity (Wildman–Crippen MR) is 117 cm³/mol. The number of hydrogen-bond acceptors (Lipinski definition) is 6. The van der Waals surface area contributed by atoms with E-state index < -0.39 is 18.1 Å².